The molecule has 0 aliphatic rings. The zero-order valence-electron chi connectivity index (χ0n) is 18.6. The van der Waals surface area contributed by atoms with Gasteiger partial charge in [-0.25, -0.2) is 4.79 Å². The molecule has 3 aromatic heterocycles. The van der Waals surface area contributed by atoms with Crippen LogP contribution in [0.25, 0.3) is 11.5 Å². The highest BCUT2D eigenvalue weighted by Crippen LogP contribution is 2.27. The second-order valence-electron chi connectivity index (χ2n) is 7.09. The third kappa shape index (κ3) is 5.54. The number of rotatable bonds is 11. The van der Waals surface area contributed by atoms with Crippen LogP contribution in [0.3, 0.4) is 0 Å². The minimum absolute atomic E-state index is 0.0674. The zero-order chi connectivity index (χ0) is 24.0. The van der Waals surface area contributed by atoms with E-state index in [1.165, 1.54) is 22.8 Å². The number of hydrogen-bond donors (Lipinski definition) is 2. The number of thioether (sulfide) groups is 1. The number of nitrogens with one attached hydrogen (secondary N) is 1. The second kappa shape index (κ2) is 11.0. The number of anilines is 2. The number of hydrogen-bond acceptors (Lipinski definition) is 10. The molecule has 0 atom stereocenters. The number of H-pyrrole nitrogens is 1. The standard InChI is InChI=1S/C20H26N6O6S/c1-4-5-7-26-16(21)15(17(28)22-19(26)29)25(8-10-30-3)14(27)11-33-20-24-23-18(32-20)13-6-9-31-12(13)2/h6,9H,4-5,7-8,10-11,21H2,1-3H3,(H,22,28,29). The third-order valence-electron chi connectivity index (χ3n) is 4.85. The first kappa shape index (κ1) is 24.3. The Balaban J connectivity index is 1.83. The number of carbonyl (C=O) groups is 1. The largest absolute Gasteiger partial charge is 0.469 e. The molecule has 0 saturated carbocycles. The summed E-state index contributed by atoms with van der Waals surface area (Å²) >= 11 is 1.02. The number of nitrogens with two attached hydrogens (primary N) is 1. The number of aromatic amines is 1. The molecular formula is C20H26N6O6S. The van der Waals surface area contributed by atoms with E-state index in [0.29, 0.717) is 24.3 Å². The summed E-state index contributed by atoms with van der Waals surface area (Å²) in [6.45, 7) is 4.29. The van der Waals surface area contributed by atoms with Gasteiger partial charge in [0.1, 0.15) is 11.6 Å². The van der Waals surface area contributed by atoms with Crippen molar-refractivity contribution < 1.29 is 18.4 Å². The summed E-state index contributed by atoms with van der Waals surface area (Å²) in [7, 11) is 1.48. The number of aryl methyl sites for hydroxylation is 1. The fourth-order valence-electron chi connectivity index (χ4n) is 3.11. The predicted molar refractivity (Wildman–Crippen MR) is 122 cm³/mol. The van der Waals surface area contributed by atoms with Crippen LogP contribution in [0.4, 0.5) is 11.5 Å². The lowest BCUT2D eigenvalue weighted by Crippen LogP contribution is -2.43. The summed E-state index contributed by atoms with van der Waals surface area (Å²) in [6, 6.07) is 1.71. The lowest BCUT2D eigenvalue weighted by atomic mass is 10.3. The molecule has 178 valence electrons. The molecule has 3 N–H and O–H groups in total. The van der Waals surface area contributed by atoms with Gasteiger partial charge in [-0.2, -0.15) is 0 Å². The number of nitrogen functional groups attached to an aromatic ring is 1. The molecule has 0 bridgehead atoms. The summed E-state index contributed by atoms with van der Waals surface area (Å²) in [5, 5.41) is 8.10. The number of methoxy groups -OCH3 is 1. The molecule has 33 heavy (non-hydrogen) atoms. The summed E-state index contributed by atoms with van der Waals surface area (Å²) < 4.78 is 17.2. The van der Waals surface area contributed by atoms with E-state index in [2.05, 4.69) is 15.2 Å². The summed E-state index contributed by atoms with van der Waals surface area (Å²) in [6.07, 6.45) is 3.03. The van der Waals surface area contributed by atoms with Crippen LogP contribution in [-0.2, 0) is 16.1 Å². The van der Waals surface area contributed by atoms with E-state index >= 15 is 0 Å². The first-order valence-electron chi connectivity index (χ1n) is 10.3. The number of ether oxygens (including phenoxy) is 1. The summed E-state index contributed by atoms with van der Waals surface area (Å²) in [5.41, 5.74) is 5.39. The van der Waals surface area contributed by atoms with Crippen molar-refractivity contribution in [3.05, 3.63) is 38.9 Å². The average Bonchev–Trinajstić information content (AvgIpc) is 3.42. The SMILES string of the molecule is CCCCn1c(N)c(N(CCOC)C(=O)CSc2nnc(-c3ccoc3C)o2)c(=O)[nH]c1=O. The maximum atomic E-state index is 13.1. The minimum Gasteiger partial charge on any atom is -0.469 e. The number of nitrogens with zero attached hydrogens (tertiary/aromatic N) is 4. The molecule has 0 fully saturated rings. The van der Waals surface area contributed by atoms with Crippen molar-refractivity contribution in [1.82, 2.24) is 19.7 Å². The monoisotopic (exact) mass is 478 g/mol. The van der Waals surface area contributed by atoms with E-state index in [4.69, 9.17) is 19.3 Å². The van der Waals surface area contributed by atoms with Gasteiger partial charge in [-0.3, -0.25) is 19.1 Å². The molecule has 0 aromatic carbocycles. The number of aromatic nitrogens is 4. The Hall–Kier alpha value is -3.32. The fraction of sp³-hybridized carbons (Fsp3) is 0.450. The first-order valence-corrected chi connectivity index (χ1v) is 11.3. The Morgan fingerprint density at radius 3 is 2.82 bits per heavy atom. The van der Waals surface area contributed by atoms with E-state index < -0.39 is 17.2 Å². The lowest BCUT2D eigenvalue weighted by molar-refractivity contribution is -0.116. The number of unbranched alkanes of at least 4 members (excludes halogenated alkanes) is 1. The zero-order valence-corrected chi connectivity index (χ0v) is 19.4. The van der Waals surface area contributed by atoms with Crippen molar-refractivity contribution in [1.29, 1.82) is 0 Å². The molecule has 0 spiro atoms. The summed E-state index contributed by atoms with van der Waals surface area (Å²) in [4.78, 5) is 41.4. The highest BCUT2D eigenvalue weighted by molar-refractivity contribution is 7.99. The fourth-order valence-corrected chi connectivity index (χ4v) is 3.74. The van der Waals surface area contributed by atoms with Crippen LogP contribution in [-0.4, -0.2) is 51.7 Å². The van der Waals surface area contributed by atoms with Gasteiger partial charge >= 0.3 is 5.69 Å². The molecule has 0 aliphatic carbocycles. The van der Waals surface area contributed by atoms with Crippen molar-refractivity contribution in [2.75, 3.05) is 36.6 Å². The molecule has 1 amide bonds. The highest BCUT2D eigenvalue weighted by atomic mass is 32.2. The first-order chi connectivity index (χ1) is 15.9. The van der Waals surface area contributed by atoms with Gasteiger partial charge in [0.25, 0.3) is 16.7 Å². The van der Waals surface area contributed by atoms with E-state index in [1.54, 1.807) is 13.0 Å². The number of furan rings is 1. The van der Waals surface area contributed by atoms with Crippen LogP contribution < -0.4 is 21.9 Å². The Kier molecular flexibility index (Phi) is 8.11. The van der Waals surface area contributed by atoms with Crippen LogP contribution in [0.2, 0.25) is 0 Å². The van der Waals surface area contributed by atoms with E-state index in [9.17, 15) is 14.4 Å². The Labute approximate surface area is 193 Å². The quantitative estimate of drug-likeness (QED) is 0.387. The molecular weight excluding hydrogens is 452 g/mol. The van der Waals surface area contributed by atoms with Crippen LogP contribution in [0.15, 0.2) is 36.0 Å². The normalized spacial score (nSPS) is 11.1. The van der Waals surface area contributed by atoms with Crippen molar-refractivity contribution in [2.24, 2.45) is 0 Å². The van der Waals surface area contributed by atoms with Crippen molar-refractivity contribution >= 4 is 29.2 Å². The molecule has 13 heteroatoms. The van der Waals surface area contributed by atoms with E-state index in [1.807, 2.05) is 6.92 Å². The topological polar surface area (TPSA) is 162 Å². The lowest BCUT2D eigenvalue weighted by Gasteiger charge is -2.24. The predicted octanol–water partition coefficient (Wildman–Crippen LogP) is 1.64. The number of amides is 1. The molecule has 3 rings (SSSR count). The van der Waals surface area contributed by atoms with Gasteiger partial charge in [0.05, 0.1) is 24.2 Å². The third-order valence-corrected chi connectivity index (χ3v) is 5.66. The maximum Gasteiger partial charge on any atom is 0.330 e. The Morgan fingerprint density at radius 2 is 2.15 bits per heavy atom. The number of carbonyl (C=O) groups excluding carboxylic acids is 1. The van der Waals surface area contributed by atoms with Crippen molar-refractivity contribution in [3.8, 4) is 11.5 Å². The van der Waals surface area contributed by atoms with Gasteiger partial charge in [0.15, 0.2) is 5.69 Å². The molecule has 0 saturated heterocycles. The average molecular weight is 479 g/mol. The molecule has 3 aromatic rings. The van der Waals surface area contributed by atoms with Gasteiger partial charge in [-0.15, -0.1) is 10.2 Å². The van der Waals surface area contributed by atoms with Gasteiger partial charge in [0, 0.05) is 20.2 Å². The van der Waals surface area contributed by atoms with Gasteiger partial charge in [-0.05, 0) is 19.4 Å². The Bertz CT molecular complexity index is 1210. The van der Waals surface area contributed by atoms with Crippen molar-refractivity contribution in [3.63, 3.8) is 0 Å². The van der Waals surface area contributed by atoms with Crippen LogP contribution >= 0.6 is 11.8 Å². The molecule has 0 unspecified atom stereocenters. The minimum atomic E-state index is -0.741. The maximum absolute atomic E-state index is 13.1. The Morgan fingerprint density at radius 1 is 1.36 bits per heavy atom. The van der Waals surface area contributed by atoms with Gasteiger partial charge in [-0.1, -0.05) is 25.1 Å². The molecule has 3 heterocycles. The van der Waals surface area contributed by atoms with Crippen molar-refractivity contribution in [2.45, 2.75) is 38.5 Å². The molecule has 0 radical (unpaired) electrons. The van der Waals surface area contributed by atoms with Crippen LogP contribution in [0.5, 0.6) is 0 Å². The highest BCUT2D eigenvalue weighted by Gasteiger charge is 2.25. The smallest absolute Gasteiger partial charge is 0.330 e. The molecule has 12 nitrogen and oxygen atoms in total. The second-order valence-corrected chi connectivity index (χ2v) is 8.02. The van der Waals surface area contributed by atoms with E-state index in [-0.39, 0.29) is 41.5 Å². The van der Waals surface area contributed by atoms with Gasteiger partial charge in [0.2, 0.25) is 5.91 Å². The van der Waals surface area contributed by atoms with Gasteiger partial charge < -0.3 is 24.2 Å². The molecule has 0 aliphatic heterocycles. The van der Waals surface area contributed by atoms with Crippen LogP contribution in [0, 0.1) is 6.92 Å². The summed E-state index contributed by atoms with van der Waals surface area (Å²) in [5.74, 6) is 0.292. The van der Waals surface area contributed by atoms with E-state index in [0.717, 1.165) is 18.2 Å². The van der Waals surface area contributed by atoms with Crippen LogP contribution in [0.1, 0.15) is 25.5 Å².